The normalized spacial score (nSPS) is 13.5. The molecule has 6 nitrogen and oxygen atoms in total. The number of aromatic nitrogens is 1. The van der Waals surface area contributed by atoms with Gasteiger partial charge in [0.05, 0.1) is 11.4 Å². The number of phenols is 1. The highest BCUT2D eigenvalue weighted by atomic mass is 16.4. The maximum absolute atomic E-state index is 11.6. The SMILES string of the molecule is C=CC=NC1=C(N)CCc2c1cc(-c1ccccc1)n2-c1ccc(O)c(C(=O)O)c1. The largest absolute Gasteiger partial charge is 0.507 e. The van der Waals surface area contributed by atoms with Crippen LogP contribution in [0.3, 0.4) is 0 Å². The van der Waals surface area contributed by atoms with Crippen LogP contribution in [-0.2, 0) is 6.42 Å². The molecule has 0 aliphatic heterocycles. The summed E-state index contributed by atoms with van der Waals surface area (Å²) in [6, 6.07) is 16.5. The van der Waals surface area contributed by atoms with Crippen LogP contribution in [0.1, 0.15) is 28.0 Å². The molecule has 3 aromatic rings. The van der Waals surface area contributed by atoms with Gasteiger partial charge >= 0.3 is 5.97 Å². The number of aromatic hydroxyl groups is 1. The van der Waals surface area contributed by atoms with Crippen LogP contribution in [0, 0.1) is 0 Å². The van der Waals surface area contributed by atoms with Crippen LogP contribution in [0.2, 0.25) is 0 Å². The number of fused-ring (bicyclic) bond motifs is 1. The van der Waals surface area contributed by atoms with Gasteiger partial charge in [0, 0.05) is 28.9 Å². The van der Waals surface area contributed by atoms with Gasteiger partial charge in [-0.05, 0) is 42.7 Å². The van der Waals surface area contributed by atoms with Gasteiger partial charge in [0.25, 0.3) is 0 Å². The number of aliphatic imine (C=N–C) groups is 1. The lowest BCUT2D eigenvalue weighted by Gasteiger charge is -2.19. The lowest BCUT2D eigenvalue weighted by Crippen LogP contribution is -2.13. The van der Waals surface area contributed by atoms with Crippen molar-refractivity contribution in [3.8, 4) is 22.7 Å². The highest BCUT2D eigenvalue weighted by Crippen LogP contribution is 2.39. The summed E-state index contributed by atoms with van der Waals surface area (Å²) in [7, 11) is 0. The van der Waals surface area contributed by atoms with Crippen molar-refractivity contribution < 1.29 is 15.0 Å². The Labute approximate surface area is 173 Å². The molecule has 1 aliphatic rings. The molecule has 0 bridgehead atoms. The van der Waals surface area contributed by atoms with Crippen molar-refractivity contribution in [3.05, 3.63) is 89.8 Å². The third-order valence-corrected chi connectivity index (χ3v) is 5.14. The number of benzene rings is 2. The summed E-state index contributed by atoms with van der Waals surface area (Å²) >= 11 is 0. The summed E-state index contributed by atoms with van der Waals surface area (Å²) in [6.45, 7) is 3.68. The van der Waals surface area contributed by atoms with Gasteiger partial charge in [-0.25, -0.2) is 4.79 Å². The van der Waals surface area contributed by atoms with E-state index >= 15 is 0 Å². The Hall–Kier alpha value is -4.06. The van der Waals surface area contributed by atoms with E-state index in [1.54, 1.807) is 18.4 Å². The summed E-state index contributed by atoms with van der Waals surface area (Å²) in [5, 5.41) is 19.4. The lowest BCUT2D eigenvalue weighted by atomic mass is 9.98. The zero-order valence-corrected chi connectivity index (χ0v) is 16.2. The molecule has 4 rings (SSSR count). The van der Waals surface area contributed by atoms with Crippen LogP contribution < -0.4 is 5.73 Å². The summed E-state index contributed by atoms with van der Waals surface area (Å²) in [6.07, 6.45) is 4.53. The van der Waals surface area contributed by atoms with Crippen LogP contribution in [0.25, 0.3) is 22.6 Å². The minimum absolute atomic E-state index is 0.148. The number of allylic oxidation sites excluding steroid dienone is 2. The Morgan fingerprint density at radius 1 is 1.13 bits per heavy atom. The van der Waals surface area contributed by atoms with Gasteiger partial charge in [-0.3, -0.25) is 4.99 Å². The molecule has 0 unspecified atom stereocenters. The lowest BCUT2D eigenvalue weighted by molar-refractivity contribution is 0.0693. The molecule has 4 N–H and O–H groups in total. The predicted molar refractivity (Wildman–Crippen MR) is 118 cm³/mol. The van der Waals surface area contributed by atoms with Crippen molar-refractivity contribution in [2.45, 2.75) is 12.8 Å². The molecule has 6 heteroatoms. The molecule has 0 radical (unpaired) electrons. The third-order valence-electron chi connectivity index (χ3n) is 5.14. The molecule has 30 heavy (non-hydrogen) atoms. The molecule has 150 valence electrons. The van der Waals surface area contributed by atoms with E-state index in [1.165, 1.54) is 12.1 Å². The van der Waals surface area contributed by atoms with Gasteiger partial charge in [-0.2, -0.15) is 0 Å². The average Bonchev–Trinajstić information content (AvgIpc) is 3.13. The van der Waals surface area contributed by atoms with Crippen LogP contribution in [-0.4, -0.2) is 27.0 Å². The fraction of sp³-hybridized carbons (Fsp3) is 0.0833. The van der Waals surface area contributed by atoms with Gasteiger partial charge in [-0.15, -0.1) is 0 Å². The second-order valence-corrected chi connectivity index (χ2v) is 6.99. The van der Waals surface area contributed by atoms with Crippen LogP contribution in [0.4, 0.5) is 0 Å². The van der Waals surface area contributed by atoms with Crippen molar-refractivity contribution in [1.29, 1.82) is 0 Å². The minimum Gasteiger partial charge on any atom is -0.507 e. The molecule has 2 aromatic carbocycles. The number of carbonyl (C=O) groups is 1. The molecule has 1 heterocycles. The maximum Gasteiger partial charge on any atom is 0.339 e. The molecule has 0 amide bonds. The first-order valence-electron chi connectivity index (χ1n) is 9.52. The van der Waals surface area contributed by atoms with Gasteiger partial charge in [0.1, 0.15) is 11.3 Å². The second kappa shape index (κ2) is 7.75. The van der Waals surface area contributed by atoms with E-state index in [0.29, 0.717) is 29.9 Å². The molecule has 1 aromatic heterocycles. The van der Waals surface area contributed by atoms with E-state index < -0.39 is 5.97 Å². The Bertz CT molecular complexity index is 1200. The number of rotatable bonds is 5. The molecule has 0 fully saturated rings. The van der Waals surface area contributed by atoms with Gasteiger partial charge in [-0.1, -0.05) is 43.0 Å². The average molecular weight is 399 g/mol. The number of nitrogens with zero attached hydrogens (tertiary/aromatic N) is 2. The number of hydrogen-bond acceptors (Lipinski definition) is 4. The molecule has 1 aliphatic carbocycles. The molecular formula is C24H21N3O3. The summed E-state index contributed by atoms with van der Waals surface area (Å²) < 4.78 is 2.02. The van der Waals surface area contributed by atoms with Gasteiger partial charge in [0.15, 0.2) is 0 Å². The first kappa shape index (κ1) is 19.3. The molecule has 0 atom stereocenters. The minimum atomic E-state index is -1.18. The van der Waals surface area contributed by atoms with Crippen molar-refractivity contribution >= 4 is 17.9 Å². The Balaban J connectivity index is 2.01. The Morgan fingerprint density at radius 3 is 2.60 bits per heavy atom. The Morgan fingerprint density at radius 2 is 1.90 bits per heavy atom. The van der Waals surface area contributed by atoms with Crippen molar-refractivity contribution in [2.75, 3.05) is 0 Å². The summed E-state index contributed by atoms with van der Waals surface area (Å²) in [5.41, 5.74) is 11.9. The van der Waals surface area contributed by atoms with Crippen molar-refractivity contribution in [3.63, 3.8) is 0 Å². The van der Waals surface area contributed by atoms with Crippen molar-refractivity contribution in [1.82, 2.24) is 4.57 Å². The van der Waals surface area contributed by atoms with E-state index in [0.717, 1.165) is 22.5 Å². The smallest absolute Gasteiger partial charge is 0.339 e. The van der Waals surface area contributed by atoms with E-state index in [9.17, 15) is 15.0 Å². The van der Waals surface area contributed by atoms with E-state index in [2.05, 4.69) is 11.6 Å². The van der Waals surface area contributed by atoms with E-state index in [4.69, 9.17) is 5.73 Å². The first-order chi connectivity index (χ1) is 14.5. The quantitative estimate of drug-likeness (QED) is 0.554. The maximum atomic E-state index is 11.6. The van der Waals surface area contributed by atoms with Crippen LogP contribution in [0.5, 0.6) is 5.75 Å². The zero-order valence-electron chi connectivity index (χ0n) is 16.2. The zero-order chi connectivity index (χ0) is 21.3. The number of carboxylic acids is 1. The monoisotopic (exact) mass is 399 g/mol. The molecule has 0 saturated heterocycles. The van der Waals surface area contributed by atoms with E-state index in [1.807, 2.05) is 41.0 Å². The fourth-order valence-electron chi connectivity index (χ4n) is 3.78. The van der Waals surface area contributed by atoms with E-state index in [-0.39, 0.29) is 11.3 Å². The second-order valence-electron chi connectivity index (χ2n) is 6.99. The van der Waals surface area contributed by atoms with Crippen LogP contribution in [0.15, 0.2) is 77.9 Å². The first-order valence-corrected chi connectivity index (χ1v) is 9.52. The Kier molecular flexibility index (Phi) is 4.98. The number of nitrogens with two attached hydrogens (primary N) is 1. The molecular weight excluding hydrogens is 378 g/mol. The highest BCUT2D eigenvalue weighted by molar-refractivity contribution is 5.92. The number of aromatic carboxylic acids is 1. The predicted octanol–water partition coefficient (Wildman–Crippen LogP) is 4.38. The third kappa shape index (κ3) is 3.28. The number of hydrogen-bond donors (Lipinski definition) is 3. The number of carboxylic acid groups (broad SMARTS) is 1. The summed E-state index contributed by atoms with van der Waals surface area (Å²) in [4.78, 5) is 16.1. The topological polar surface area (TPSA) is 101 Å². The standard InChI is InChI=1S/C24H21N3O3/c1-2-12-26-23-17-14-21(15-6-4-3-5-7-15)27(20(17)10-9-19(23)25)16-8-11-22(28)18(13-16)24(29)30/h2-8,11-14,28H,1,9-10,25H2,(H,29,30). The molecule has 0 spiro atoms. The fourth-order valence-corrected chi connectivity index (χ4v) is 3.78. The summed E-state index contributed by atoms with van der Waals surface area (Å²) in [5.74, 6) is -1.45. The molecule has 0 saturated carbocycles. The van der Waals surface area contributed by atoms with Gasteiger partial charge in [0.2, 0.25) is 0 Å². The highest BCUT2D eigenvalue weighted by Gasteiger charge is 2.25. The van der Waals surface area contributed by atoms with Gasteiger partial charge < -0.3 is 20.5 Å². The van der Waals surface area contributed by atoms with Crippen LogP contribution >= 0.6 is 0 Å². The van der Waals surface area contributed by atoms with Crippen molar-refractivity contribution in [2.24, 2.45) is 10.7 Å².